The van der Waals surface area contributed by atoms with E-state index in [0.29, 0.717) is 27.1 Å². The maximum atomic E-state index is 14.1. The Morgan fingerprint density at radius 2 is 1.73 bits per heavy atom. The predicted octanol–water partition coefficient (Wildman–Crippen LogP) is 5.26. The predicted molar refractivity (Wildman–Crippen MR) is 127 cm³/mol. The van der Waals surface area contributed by atoms with E-state index in [9.17, 15) is 26.7 Å². The van der Waals surface area contributed by atoms with E-state index in [1.54, 1.807) is 24.3 Å². The first-order chi connectivity index (χ1) is 17.5. The first-order valence-electron chi connectivity index (χ1n) is 11.2. The van der Waals surface area contributed by atoms with E-state index in [4.69, 9.17) is 9.47 Å². The number of aromatic amines is 1. The second-order valence-corrected chi connectivity index (χ2v) is 8.66. The summed E-state index contributed by atoms with van der Waals surface area (Å²) in [5, 5.41) is 4.72. The first kappa shape index (κ1) is 24.6. The summed E-state index contributed by atoms with van der Waals surface area (Å²) in [5.41, 5.74) is -1.75. The second-order valence-electron chi connectivity index (χ2n) is 8.66. The van der Waals surface area contributed by atoms with Crippen molar-refractivity contribution in [2.45, 2.75) is 18.5 Å². The van der Waals surface area contributed by atoms with E-state index in [2.05, 4.69) is 10.1 Å². The van der Waals surface area contributed by atoms with Gasteiger partial charge in [-0.25, -0.2) is 8.78 Å². The molecule has 3 heterocycles. The van der Waals surface area contributed by atoms with Gasteiger partial charge in [0.15, 0.2) is 0 Å². The lowest BCUT2D eigenvalue weighted by Gasteiger charge is -2.22. The molecule has 2 aromatic heterocycles. The van der Waals surface area contributed by atoms with Gasteiger partial charge in [0.1, 0.15) is 22.7 Å². The van der Waals surface area contributed by atoms with Gasteiger partial charge < -0.3 is 19.4 Å². The Balaban J connectivity index is 1.77. The Morgan fingerprint density at radius 3 is 2.32 bits per heavy atom. The molecule has 0 saturated carbocycles. The molecule has 0 amide bonds. The summed E-state index contributed by atoms with van der Waals surface area (Å²) in [6.45, 7) is -0.671. The normalized spacial score (nSPS) is 15.4. The summed E-state index contributed by atoms with van der Waals surface area (Å²) >= 11 is 0. The van der Waals surface area contributed by atoms with Gasteiger partial charge in [-0.3, -0.25) is 4.79 Å². The average Bonchev–Trinajstić information content (AvgIpc) is 3.50. The zero-order valence-corrected chi connectivity index (χ0v) is 19.7. The van der Waals surface area contributed by atoms with E-state index in [1.165, 1.54) is 25.3 Å². The highest BCUT2D eigenvalue weighted by Gasteiger charge is 2.40. The van der Waals surface area contributed by atoms with Crippen molar-refractivity contribution in [2.24, 2.45) is 0 Å². The number of alkyl halides is 5. The lowest BCUT2D eigenvalue weighted by Crippen LogP contribution is -2.27. The molecule has 0 atom stereocenters. The molecule has 194 valence electrons. The van der Waals surface area contributed by atoms with Crippen LogP contribution in [0, 0.1) is 0 Å². The molecule has 1 saturated heterocycles. The molecule has 5 rings (SSSR count). The molecule has 0 aliphatic carbocycles. The molecule has 0 unspecified atom stereocenters. The van der Waals surface area contributed by atoms with Crippen LogP contribution in [0.5, 0.6) is 11.5 Å². The summed E-state index contributed by atoms with van der Waals surface area (Å²) in [7, 11) is 2.89. The third kappa shape index (κ3) is 4.47. The van der Waals surface area contributed by atoms with Gasteiger partial charge >= 0.3 is 6.18 Å². The number of benzene rings is 2. The van der Waals surface area contributed by atoms with Crippen LogP contribution in [0.2, 0.25) is 0 Å². The minimum absolute atomic E-state index is 0.0259. The van der Waals surface area contributed by atoms with Crippen molar-refractivity contribution in [3.63, 3.8) is 0 Å². The van der Waals surface area contributed by atoms with Crippen LogP contribution < -0.4 is 19.9 Å². The third-order valence-electron chi connectivity index (χ3n) is 6.28. The van der Waals surface area contributed by atoms with Crippen LogP contribution in [0.15, 0.2) is 53.5 Å². The standard InChI is InChI=1S/C25H21F5N4O3/c1-36-16-9-14(10-17(12-16)37-2)21-18-5-7-31-22(18)23(35)34(32-21)20-11-15(3-4-19(20)25(28,29)30)33-8-6-24(26,27)13-33/h3-5,7,9-12,31H,6,8,13H2,1-2H3. The largest absolute Gasteiger partial charge is 0.497 e. The maximum Gasteiger partial charge on any atom is 0.418 e. The van der Waals surface area contributed by atoms with Crippen LogP contribution in [-0.2, 0) is 6.18 Å². The Hall–Kier alpha value is -4.09. The van der Waals surface area contributed by atoms with Crippen molar-refractivity contribution >= 4 is 16.6 Å². The maximum absolute atomic E-state index is 14.1. The van der Waals surface area contributed by atoms with Crippen LogP contribution in [0.25, 0.3) is 27.8 Å². The van der Waals surface area contributed by atoms with E-state index in [1.807, 2.05) is 0 Å². The Kier molecular flexibility index (Phi) is 5.84. The quantitative estimate of drug-likeness (QED) is 0.364. The molecular formula is C25H21F5N4O3. The topological polar surface area (TPSA) is 72.4 Å². The molecule has 0 spiro atoms. The summed E-state index contributed by atoms with van der Waals surface area (Å²) in [6.07, 6.45) is -3.78. The van der Waals surface area contributed by atoms with E-state index >= 15 is 0 Å². The minimum Gasteiger partial charge on any atom is -0.497 e. The van der Waals surface area contributed by atoms with Gasteiger partial charge in [-0.1, -0.05) is 0 Å². The summed E-state index contributed by atoms with van der Waals surface area (Å²) in [5.74, 6) is -2.14. The van der Waals surface area contributed by atoms with E-state index in [-0.39, 0.29) is 23.4 Å². The number of aromatic nitrogens is 3. The van der Waals surface area contributed by atoms with Crippen LogP contribution in [0.1, 0.15) is 12.0 Å². The van der Waals surface area contributed by atoms with Crippen molar-refractivity contribution in [1.29, 1.82) is 0 Å². The molecule has 1 aliphatic rings. The lowest BCUT2D eigenvalue weighted by molar-refractivity contribution is -0.137. The molecule has 0 radical (unpaired) electrons. The van der Waals surface area contributed by atoms with Crippen LogP contribution >= 0.6 is 0 Å². The number of rotatable bonds is 5. The summed E-state index contributed by atoms with van der Waals surface area (Å²) in [4.78, 5) is 17.4. The monoisotopic (exact) mass is 520 g/mol. The number of nitrogens with zero attached hydrogens (tertiary/aromatic N) is 3. The molecule has 4 aromatic rings. The fourth-order valence-corrected chi connectivity index (χ4v) is 4.46. The number of fused-ring (bicyclic) bond motifs is 1. The van der Waals surface area contributed by atoms with Gasteiger partial charge in [0.05, 0.1) is 32.0 Å². The number of methoxy groups -OCH3 is 2. The van der Waals surface area contributed by atoms with Crippen molar-refractivity contribution in [2.75, 3.05) is 32.2 Å². The number of anilines is 1. The van der Waals surface area contributed by atoms with Gasteiger partial charge in [0.2, 0.25) is 0 Å². The molecule has 7 nitrogen and oxygen atoms in total. The van der Waals surface area contributed by atoms with Crippen LogP contribution in [0.3, 0.4) is 0 Å². The average molecular weight is 520 g/mol. The number of nitrogens with one attached hydrogen (secondary N) is 1. The zero-order chi connectivity index (χ0) is 26.5. The molecule has 1 N–H and O–H groups in total. The van der Waals surface area contributed by atoms with Gasteiger partial charge in [0.25, 0.3) is 11.5 Å². The second kappa shape index (κ2) is 8.79. The highest BCUT2D eigenvalue weighted by Crippen LogP contribution is 2.38. The van der Waals surface area contributed by atoms with Gasteiger partial charge in [-0.05, 0) is 36.4 Å². The molecular weight excluding hydrogens is 499 g/mol. The summed E-state index contributed by atoms with van der Waals surface area (Å²) < 4.78 is 81.1. The Labute approximate surface area is 207 Å². The Morgan fingerprint density at radius 1 is 1.03 bits per heavy atom. The van der Waals surface area contributed by atoms with Gasteiger partial charge in [-0.2, -0.15) is 23.0 Å². The van der Waals surface area contributed by atoms with Crippen LogP contribution in [-0.4, -0.2) is 48.0 Å². The number of hydrogen-bond acceptors (Lipinski definition) is 5. The Bertz CT molecular complexity index is 1520. The highest BCUT2D eigenvalue weighted by molar-refractivity contribution is 5.92. The van der Waals surface area contributed by atoms with Gasteiger partial charge in [-0.15, -0.1) is 0 Å². The first-order valence-corrected chi connectivity index (χ1v) is 11.2. The molecule has 12 heteroatoms. The zero-order valence-electron chi connectivity index (χ0n) is 19.7. The highest BCUT2D eigenvalue weighted by atomic mass is 19.4. The van der Waals surface area contributed by atoms with Crippen molar-refractivity contribution in [3.8, 4) is 28.4 Å². The fourth-order valence-electron chi connectivity index (χ4n) is 4.46. The van der Waals surface area contributed by atoms with E-state index in [0.717, 1.165) is 18.2 Å². The SMILES string of the molecule is COc1cc(OC)cc(-c2nn(-c3cc(N4CCC(F)(F)C4)ccc3C(F)(F)F)c(=O)c3[nH]ccc23)c1. The smallest absolute Gasteiger partial charge is 0.418 e. The fraction of sp³-hybridized carbons (Fsp3) is 0.280. The lowest BCUT2D eigenvalue weighted by atomic mass is 10.1. The summed E-state index contributed by atoms with van der Waals surface area (Å²) in [6, 6.07) is 9.40. The number of H-pyrrole nitrogens is 1. The minimum atomic E-state index is -4.84. The van der Waals surface area contributed by atoms with Crippen molar-refractivity contribution in [1.82, 2.24) is 14.8 Å². The molecule has 1 fully saturated rings. The number of halogens is 5. The van der Waals surface area contributed by atoms with Crippen LogP contribution in [0.4, 0.5) is 27.6 Å². The van der Waals surface area contributed by atoms with E-state index < -0.39 is 41.9 Å². The molecule has 1 aliphatic heterocycles. The molecule has 0 bridgehead atoms. The molecule has 37 heavy (non-hydrogen) atoms. The van der Waals surface area contributed by atoms with Gasteiger partial charge in [0, 0.05) is 41.9 Å². The number of ether oxygens (including phenoxy) is 2. The third-order valence-corrected chi connectivity index (χ3v) is 6.28. The van der Waals surface area contributed by atoms with Crippen molar-refractivity contribution in [3.05, 3.63) is 64.6 Å². The number of hydrogen-bond donors (Lipinski definition) is 1. The van der Waals surface area contributed by atoms with Crippen molar-refractivity contribution < 1.29 is 31.4 Å². The molecule has 2 aromatic carbocycles.